The fourth-order valence-electron chi connectivity index (χ4n) is 3.97. The van der Waals surface area contributed by atoms with Crippen molar-refractivity contribution in [3.05, 3.63) is 23.5 Å². The molecule has 2 saturated heterocycles. The lowest BCUT2D eigenvalue weighted by molar-refractivity contribution is -0.178. The van der Waals surface area contributed by atoms with Gasteiger partial charge in [0.1, 0.15) is 5.71 Å². The van der Waals surface area contributed by atoms with Crippen LogP contribution in [0, 0.1) is 5.41 Å². The minimum absolute atomic E-state index is 0.0153. The van der Waals surface area contributed by atoms with Gasteiger partial charge in [0, 0.05) is 19.5 Å². The molecular formula is C21H33N5O. The van der Waals surface area contributed by atoms with Crippen molar-refractivity contribution in [2.45, 2.75) is 65.6 Å². The van der Waals surface area contributed by atoms with Crippen LogP contribution in [0.5, 0.6) is 0 Å². The van der Waals surface area contributed by atoms with E-state index in [9.17, 15) is 0 Å². The number of rotatable bonds is 6. The normalized spacial score (nSPS) is 24.2. The molecule has 3 rings (SSSR count). The second-order valence-electron chi connectivity index (χ2n) is 9.52. The number of hydrogen-bond acceptors (Lipinski definition) is 6. The van der Waals surface area contributed by atoms with Crippen LogP contribution < -0.4 is 10.7 Å². The van der Waals surface area contributed by atoms with Gasteiger partial charge < -0.3 is 15.5 Å². The summed E-state index contributed by atoms with van der Waals surface area (Å²) >= 11 is 0. The highest BCUT2D eigenvalue weighted by Crippen LogP contribution is 2.35. The Labute approximate surface area is 162 Å². The molecule has 1 aromatic heterocycles. The lowest BCUT2D eigenvalue weighted by Gasteiger charge is -2.47. The van der Waals surface area contributed by atoms with E-state index in [-0.39, 0.29) is 11.7 Å². The molecule has 148 valence electrons. The van der Waals surface area contributed by atoms with Crippen LogP contribution in [0.1, 0.15) is 65.1 Å². The van der Waals surface area contributed by atoms with Crippen molar-refractivity contribution < 1.29 is 4.74 Å². The molecule has 1 unspecified atom stereocenters. The van der Waals surface area contributed by atoms with Crippen molar-refractivity contribution in [1.29, 1.82) is 0 Å². The van der Waals surface area contributed by atoms with Crippen molar-refractivity contribution >= 4 is 17.6 Å². The molecule has 6 heteroatoms. The fraction of sp³-hybridized carbons (Fsp3) is 0.667. The highest BCUT2D eigenvalue weighted by Gasteiger charge is 2.37. The summed E-state index contributed by atoms with van der Waals surface area (Å²) in [6.07, 6.45) is 4.86. The van der Waals surface area contributed by atoms with Crippen molar-refractivity contribution in [3.63, 3.8) is 0 Å². The van der Waals surface area contributed by atoms with Crippen molar-refractivity contribution in [1.82, 2.24) is 4.98 Å². The Hall–Kier alpha value is -1.95. The van der Waals surface area contributed by atoms with E-state index in [0.717, 1.165) is 30.8 Å². The van der Waals surface area contributed by atoms with Crippen LogP contribution >= 0.6 is 0 Å². The molecule has 0 spiro atoms. The predicted molar refractivity (Wildman–Crippen MR) is 112 cm³/mol. The second-order valence-corrected chi connectivity index (χ2v) is 9.52. The van der Waals surface area contributed by atoms with E-state index in [1.807, 2.05) is 6.20 Å². The van der Waals surface area contributed by atoms with Crippen molar-refractivity contribution in [2.75, 3.05) is 24.5 Å². The van der Waals surface area contributed by atoms with Gasteiger partial charge in [0.05, 0.1) is 42.0 Å². The Morgan fingerprint density at radius 3 is 2.56 bits per heavy atom. The van der Waals surface area contributed by atoms with E-state index in [1.54, 1.807) is 6.21 Å². The molecule has 0 saturated carbocycles. The number of aliphatic imine (C=N–C) groups is 1. The first-order valence-electron chi connectivity index (χ1n) is 9.81. The number of aromatic nitrogens is 1. The number of hydrogen-bond donors (Lipinski definition) is 1. The Bertz CT molecular complexity index is 735. The molecule has 2 aliphatic heterocycles. The third-order valence-electron chi connectivity index (χ3n) is 5.24. The maximum atomic E-state index is 5.78. The Balaban J connectivity index is 1.73. The van der Waals surface area contributed by atoms with Gasteiger partial charge in [-0.05, 0) is 36.8 Å². The molecule has 2 N–H and O–H groups in total. The van der Waals surface area contributed by atoms with Gasteiger partial charge in [0.25, 0.3) is 0 Å². The zero-order chi connectivity index (χ0) is 19.8. The van der Waals surface area contributed by atoms with Crippen LogP contribution in [0.4, 0.5) is 5.69 Å². The SMILES string of the molecule is CC(C)c1cc(N2CC(C)(C)C2)cnc1/C(C=NCC1CC(C)(C)O1)=N/N. The topological polar surface area (TPSA) is 76.1 Å². The maximum absolute atomic E-state index is 5.78. The highest BCUT2D eigenvalue weighted by atomic mass is 16.5. The Kier molecular flexibility index (Phi) is 5.30. The monoisotopic (exact) mass is 371 g/mol. The molecular weight excluding hydrogens is 338 g/mol. The molecule has 3 heterocycles. The Morgan fingerprint density at radius 1 is 1.37 bits per heavy atom. The zero-order valence-corrected chi connectivity index (χ0v) is 17.5. The van der Waals surface area contributed by atoms with E-state index in [4.69, 9.17) is 15.6 Å². The first kappa shape index (κ1) is 19.8. The quantitative estimate of drug-likeness (QED) is 0.473. The van der Waals surface area contributed by atoms with Gasteiger partial charge >= 0.3 is 0 Å². The second kappa shape index (κ2) is 7.23. The lowest BCUT2D eigenvalue weighted by Crippen LogP contribution is -2.53. The third-order valence-corrected chi connectivity index (χ3v) is 5.24. The van der Waals surface area contributed by atoms with Crippen LogP contribution in [0.15, 0.2) is 22.4 Å². The van der Waals surface area contributed by atoms with Gasteiger partial charge in [-0.1, -0.05) is 27.7 Å². The maximum Gasteiger partial charge on any atom is 0.126 e. The van der Waals surface area contributed by atoms with Gasteiger partial charge in [-0.3, -0.25) is 9.98 Å². The highest BCUT2D eigenvalue weighted by molar-refractivity contribution is 6.38. The third kappa shape index (κ3) is 4.49. The summed E-state index contributed by atoms with van der Waals surface area (Å²) < 4.78 is 5.78. The number of anilines is 1. The Morgan fingerprint density at radius 2 is 2.04 bits per heavy atom. The van der Waals surface area contributed by atoms with Gasteiger partial charge in [0.2, 0.25) is 0 Å². The number of hydrazone groups is 1. The molecule has 0 radical (unpaired) electrons. The molecule has 1 aromatic rings. The first-order valence-corrected chi connectivity index (χ1v) is 9.81. The van der Waals surface area contributed by atoms with Gasteiger partial charge in [-0.25, -0.2) is 0 Å². The summed E-state index contributed by atoms with van der Waals surface area (Å²) in [6.45, 7) is 15.8. The number of ether oxygens (including phenoxy) is 1. The van der Waals surface area contributed by atoms with E-state index in [2.05, 4.69) is 62.6 Å². The number of nitrogens with two attached hydrogens (primary N) is 1. The molecule has 1 atom stereocenters. The number of pyridine rings is 1. The molecule has 0 aliphatic carbocycles. The van der Waals surface area contributed by atoms with Crippen LogP contribution in [-0.2, 0) is 4.74 Å². The summed E-state index contributed by atoms with van der Waals surface area (Å²) in [7, 11) is 0. The molecule has 0 bridgehead atoms. The molecule has 0 aromatic carbocycles. The van der Waals surface area contributed by atoms with Crippen LogP contribution in [0.3, 0.4) is 0 Å². The average Bonchev–Trinajstić information content (AvgIpc) is 2.54. The molecule has 27 heavy (non-hydrogen) atoms. The number of nitrogens with zero attached hydrogens (tertiary/aromatic N) is 4. The van der Waals surface area contributed by atoms with E-state index in [1.165, 1.54) is 5.69 Å². The summed E-state index contributed by atoms with van der Waals surface area (Å²) in [4.78, 5) is 11.6. The van der Waals surface area contributed by atoms with E-state index in [0.29, 0.717) is 23.6 Å². The van der Waals surface area contributed by atoms with Crippen LogP contribution in [0.2, 0.25) is 0 Å². The molecule has 0 amide bonds. The minimum atomic E-state index is -0.0153. The standard InChI is InChI=1S/C21H33N5O/c1-14(2)17-7-15(26-12-20(3,4)13-26)9-24-19(17)18(25-22)11-23-10-16-8-21(5,6)27-16/h7,9,11,14,16H,8,10,12-13,22H2,1-6H3/b23-11?,25-18+. The smallest absolute Gasteiger partial charge is 0.126 e. The zero-order valence-electron chi connectivity index (χ0n) is 17.5. The summed E-state index contributed by atoms with van der Waals surface area (Å²) in [5.74, 6) is 5.99. The largest absolute Gasteiger partial charge is 0.370 e. The van der Waals surface area contributed by atoms with Crippen LogP contribution in [-0.4, -0.2) is 48.2 Å². The average molecular weight is 372 g/mol. The van der Waals surface area contributed by atoms with Crippen LogP contribution in [0.25, 0.3) is 0 Å². The van der Waals surface area contributed by atoms with Gasteiger partial charge in [-0.2, -0.15) is 5.10 Å². The van der Waals surface area contributed by atoms with Crippen molar-refractivity contribution in [3.8, 4) is 0 Å². The molecule has 6 nitrogen and oxygen atoms in total. The predicted octanol–water partition coefficient (Wildman–Crippen LogP) is 3.35. The molecule has 2 aliphatic rings. The first-order chi connectivity index (χ1) is 12.6. The minimum Gasteiger partial charge on any atom is -0.370 e. The summed E-state index contributed by atoms with van der Waals surface area (Å²) in [5, 5.41) is 3.95. The fourth-order valence-corrected chi connectivity index (χ4v) is 3.97. The summed E-state index contributed by atoms with van der Waals surface area (Å²) in [6, 6.07) is 2.22. The van der Waals surface area contributed by atoms with Gasteiger partial charge in [-0.15, -0.1) is 0 Å². The summed E-state index contributed by atoms with van der Waals surface area (Å²) in [5.41, 5.74) is 4.11. The van der Waals surface area contributed by atoms with E-state index >= 15 is 0 Å². The van der Waals surface area contributed by atoms with Crippen molar-refractivity contribution in [2.24, 2.45) is 21.4 Å². The lowest BCUT2D eigenvalue weighted by atomic mass is 9.84. The van der Waals surface area contributed by atoms with Gasteiger partial charge in [0.15, 0.2) is 0 Å². The molecule has 2 fully saturated rings. The van der Waals surface area contributed by atoms with E-state index < -0.39 is 0 Å².